The van der Waals surface area contributed by atoms with Crippen LogP contribution >= 0.6 is 0 Å². The number of rotatable bonds is 7. The number of phenols is 1. The molecule has 0 aliphatic rings. The van der Waals surface area contributed by atoms with Crippen LogP contribution < -0.4 is 21.9 Å². The second-order valence-electron chi connectivity index (χ2n) is 7.47. The van der Waals surface area contributed by atoms with Crippen LogP contribution in [0.3, 0.4) is 0 Å². The third kappa shape index (κ3) is 5.58. The Morgan fingerprint density at radius 2 is 1.32 bits per heavy atom. The maximum absolute atomic E-state index is 10.4. The van der Waals surface area contributed by atoms with Gasteiger partial charge in [-0.1, -0.05) is 48.5 Å². The predicted octanol–water partition coefficient (Wildman–Crippen LogP) is 1.01. The SMILES string of the molecule is CC(C)[NH+](C(C)C)C(C)C[C@H](c1ccccc1)c1ccccc1O.[Br-]. The molecular weight excluding hydrogens is 374 g/mol. The van der Waals surface area contributed by atoms with Crippen molar-refractivity contribution in [2.45, 2.75) is 65.1 Å². The van der Waals surface area contributed by atoms with Crippen molar-refractivity contribution < 1.29 is 27.0 Å². The lowest BCUT2D eigenvalue weighted by atomic mass is 9.85. The molecule has 0 amide bonds. The third-order valence-corrected chi connectivity index (χ3v) is 5.01. The highest BCUT2D eigenvalue weighted by Gasteiger charge is 2.29. The molecule has 0 aromatic heterocycles. The summed E-state index contributed by atoms with van der Waals surface area (Å²) in [5.41, 5.74) is 2.31. The van der Waals surface area contributed by atoms with Gasteiger partial charge in [-0.15, -0.1) is 0 Å². The van der Waals surface area contributed by atoms with E-state index in [-0.39, 0.29) is 22.9 Å². The molecule has 0 saturated carbocycles. The number of aromatic hydroxyl groups is 1. The minimum absolute atomic E-state index is 0. The van der Waals surface area contributed by atoms with E-state index in [1.54, 1.807) is 11.0 Å². The zero-order valence-corrected chi connectivity index (χ0v) is 17.6. The van der Waals surface area contributed by atoms with E-state index in [0.717, 1.165) is 12.0 Å². The van der Waals surface area contributed by atoms with Gasteiger partial charge in [0, 0.05) is 17.9 Å². The lowest BCUT2D eigenvalue weighted by Gasteiger charge is -2.35. The molecule has 0 heterocycles. The Balaban J connectivity index is 0.00000312. The monoisotopic (exact) mass is 405 g/mol. The summed E-state index contributed by atoms with van der Waals surface area (Å²) in [6, 6.07) is 20.0. The Morgan fingerprint density at radius 3 is 1.84 bits per heavy atom. The number of benzene rings is 2. The Hall–Kier alpha value is -1.32. The van der Waals surface area contributed by atoms with Gasteiger partial charge in [-0.3, -0.25) is 0 Å². The Kier molecular flexibility index (Phi) is 8.67. The van der Waals surface area contributed by atoms with Crippen LogP contribution in [0.1, 0.15) is 58.1 Å². The van der Waals surface area contributed by atoms with Gasteiger partial charge in [0.1, 0.15) is 5.75 Å². The number of hydrogen-bond donors (Lipinski definition) is 2. The molecule has 0 saturated heterocycles. The smallest absolute Gasteiger partial charge is 0.119 e. The fraction of sp³-hybridized carbons (Fsp3) is 0.455. The molecule has 0 fully saturated rings. The number of phenolic OH excluding ortho intramolecular Hbond substituents is 1. The predicted molar refractivity (Wildman–Crippen MR) is 102 cm³/mol. The summed E-state index contributed by atoms with van der Waals surface area (Å²) in [6.07, 6.45) is 1.02. The van der Waals surface area contributed by atoms with Crippen molar-refractivity contribution in [2.75, 3.05) is 0 Å². The van der Waals surface area contributed by atoms with Crippen molar-refractivity contribution in [1.29, 1.82) is 0 Å². The first-order valence-corrected chi connectivity index (χ1v) is 9.11. The van der Waals surface area contributed by atoms with Crippen LogP contribution in [0.25, 0.3) is 0 Å². The van der Waals surface area contributed by atoms with E-state index >= 15 is 0 Å². The summed E-state index contributed by atoms with van der Waals surface area (Å²) in [4.78, 5) is 1.62. The molecule has 0 bridgehead atoms. The zero-order valence-electron chi connectivity index (χ0n) is 16.0. The van der Waals surface area contributed by atoms with Gasteiger partial charge in [-0.25, -0.2) is 0 Å². The quantitative estimate of drug-likeness (QED) is 0.705. The van der Waals surface area contributed by atoms with Gasteiger partial charge in [0.2, 0.25) is 0 Å². The first-order valence-electron chi connectivity index (χ1n) is 9.11. The minimum Gasteiger partial charge on any atom is -1.00 e. The fourth-order valence-electron chi connectivity index (χ4n) is 4.20. The van der Waals surface area contributed by atoms with E-state index in [9.17, 15) is 5.11 Å². The van der Waals surface area contributed by atoms with E-state index in [1.807, 2.05) is 12.1 Å². The molecule has 0 spiro atoms. The van der Waals surface area contributed by atoms with E-state index in [4.69, 9.17) is 0 Å². The molecule has 2 rings (SSSR count). The van der Waals surface area contributed by atoms with Crippen molar-refractivity contribution in [3.05, 3.63) is 65.7 Å². The maximum Gasteiger partial charge on any atom is 0.119 e. The summed E-state index contributed by atoms with van der Waals surface area (Å²) in [5, 5.41) is 10.4. The second kappa shape index (κ2) is 9.98. The third-order valence-electron chi connectivity index (χ3n) is 5.01. The zero-order chi connectivity index (χ0) is 17.7. The molecule has 2 aromatic carbocycles. The standard InChI is InChI=1S/C22H31NO.BrH/c1-16(2)23(17(3)4)18(5)15-21(19-11-7-6-8-12-19)20-13-9-10-14-22(20)24;/h6-14,16-18,21,24H,15H2,1-5H3;1H/t18?,21-;/m1./s1. The summed E-state index contributed by atoms with van der Waals surface area (Å²) < 4.78 is 0. The van der Waals surface area contributed by atoms with Gasteiger partial charge < -0.3 is 27.0 Å². The van der Waals surface area contributed by atoms with E-state index < -0.39 is 0 Å². The summed E-state index contributed by atoms with van der Waals surface area (Å²) in [7, 11) is 0. The van der Waals surface area contributed by atoms with Gasteiger partial charge in [-0.05, 0) is 46.2 Å². The summed E-state index contributed by atoms with van der Waals surface area (Å²) in [6.45, 7) is 11.5. The number of halogens is 1. The first kappa shape index (κ1) is 21.7. The molecule has 3 heteroatoms. The number of para-hydroxylation sites is 1. The largest absolute Gasteiger partial charge is 1.00 e. The van der Waals surface area contributed by atoms with Gasteiger partial charge >= 0.3 is 0 Å². The van der Waals surface area contributed by atoms with Crippen LogP contribution in [0.15, 0.2) is 54.6 Å². The topological polar surface area (TPSA) is 24.7 Å². The van der Waals surface area contributed by atoms with E-state index in [0.29, 0.717) is 23.9 Å². The highest BCUT2D eigenvalue weighted by atomic mass is 79.9. The lowest BCUT2D eigenvalue weighted by molar-refractivity contribution is -0.964. The summed E-state index contributed by atoms with van der Waals surface area (Å²) in [5.74, 6) is 0.615. The Labute approximate surface area is 163 Å². The maximum atomic E-state index is 10.4. The van der Waals surface area contributed by atoms with Crippen molar-refractivity contribution in [1.82, 2.24) is 0 Å². The molecule has 25 heavy (non-hydrogen) atoms. The normalized spacial score (nSPS) is 13.8. The number of quaternary nitrogens is 1. The molecule has 0 aliphatic heterocycles. The van der Waals surface area contributed by atoms with Crippen molar-refractivity contribution >= 4 is 0 Å². The molecular formula is C22H32BrNO. The minimum atomic E-state index is 0. The van der Waals surface area contributed by atoms with Crippen LogP contribution in [0.5, 0.6) is 5.75 Å². The number of hydrogen-bond acceptors (Lipinski definition) is 1. The van der Waals surface area contributed by atoms with Gasteiger partial charge in [0.25, 0.3) is 0 Å². The van der Waals surface area contributed by atoms with Crippen molar-refractivity contribution in [3.8, 4) is 5.75 Å². The van der Waals surface area contributed by atoms with Crippen LogP contribution in [-0.4, -0.2) is 23.2 Å². The molecule has 2 aromatic rings. The average molecular weight is 406 g/mol. The Morgan fingerprint density at radius 1 is 0.800 bits per heavy atom. The second-order valence-corrected chi connectivity index (χ2v) is 7.47. The van der Waals surface area contributed by atoms with Crippen molar-refractivity contribution in [2.24, 2.45) is 0 Å². The average Bonchev–Trinajstić information content (AvgIpc) is 2.53. The summed E-state index contributed by atoms with van der Waals surface area (Å²) >= 11 is 0. The molecule has 2 N–H and O–H groups in total. The molecule has 2 atom stereocenters. The first-order chi connectivity index (χ1) is 11.4. The van der Waals surface area contributed by atoms with Crippen LogP contribution in [0, 0.1) is 0 Å². The lowest BCUT2D eigenvalue weighted by Crippen LogP contribution is -3.20. The fourth-order valence-corrected chi connectivity index (χ4v) is 4.20. The van der Waals surface area contributed by atoms with Crippen LogP contribution in [0.2, 0.25) is 0 Å². The van der Waals surface area contributed by atoms with Gasteiger partial charge in [-0.2, -0.15) is 0 Å². The molecule has 0 radical (unpaired) electrons. The van der Waals surface area contributed by atoms with Crippen LogP contribution in [0.4, 0.5) is 0 Å². The molecule has 2 nitrogen and oxygen atoms in total. The van der Waals surface area contributed by atoms with Gasteiger partial charge in [0.05, 0.1) is 18.1 Å². The molecule has 138 valence electrons. The van der Waals surface area contributed by atoms with E-state index in [1.165, 1.54) is 5.56 Å². The molecule has 1 unspecified atom stereocenters. The van der Waals surface area contributed by atoms with Crippen LogP contribution in [-0.2, 0) is 0 Å². The van der Waals surface area contributed by atoms with Gasteiger partial charge in [0.15, 0.2) is 0 Å². The number of nitrogens with one attached hydrogen (secondary N) is 1. The highest BCUT2D eigenvalue weighted by molar-refractivity contribution is 5.41. The van der Waals surface area contributed by atoms with E-state index in [2.05, 4.69) is 71.0 Å². The highest BCUT2D eigenvalue weighted by Crippen LogP contribution is 2.34. The Bertz CT molecular complexity index is 619. The molecule has 0 aliphatic carbocycles. The van der Waals surface area contributed by atoms with Crippen molar-refractivity contribution in [3.63, 3.8) is 0 Å².